The van der Waals surface area contributed by atoms with Crippen molar-refractivity contribution in [1.82, 2.24) is 10.6 Å². The standard InChI is InChI=1S/C30H35ClN2O5S/c1-19(21-5-3-2-4-6-21)33-29(36)22-9-7-20(8-10-22)17-39-28-23-15-16-32-18-30(24(23)11-12-25(28)31)37-26(34)13-14-27(35)38-30/h7-12,19,21,32H,2-6,13-18H2,1H3,(H,33,36)/t19-/m0/s1. The molecule has 0 aromatic heterocycles. The number of halogens is 1. The van der Waals surface area contributed by atoms with Gasteiger partial charge in [-0.3, -0.25) is 14.4 Å². The summed E-state index contributed by atoms with van der Waals surface area (Å²) >= 11 is 8.25. The molecule has 2 N–H and O–H groups in total. The highest BCUT2D eigenvalue weighted by molar-refractivity contribution is 7.98. The number of rotatable bonds is 6. The van der Waals surface area contributed by atoms with E-state index in [1.54, 1.807) is 23.9 Å². The van der Waals surface area contributed by atoms with E-state index in [1.165, 1.54) is 32.1 Å². The van der Waals surface area contributed by atoms with Gasteiger partial charge in [0, 0.05) is 27.8 Å². The van der Waals surface area contributed by atoms with Crippen LogP contribution in [0.2, 0.25) is 5.02 Å². The molecule has 208 valence electrons. The minimum absolute atomic E-state index is 0.00136. The first-order chi connectivity index (χ1) is 18.8. The number of thioether (sulfide) groups is 1. The predicted molar refractivity (Wildman–Crippen MR) is 151 cm³/mol. The number of carbonyl (C=O) groups excluding carboxylic acids is 3. The fraction of sp³-hybridized carbons (Fsp3) is 0.500. The van der Waals surface area contributed by atoms with Gasteiger partial charge >= 0.3 is 11.9 Å². The SMILES string of the molecule is C[C@H](NC(=O)c1ccc(CSc2c(Cl)ccc3c2CCNCC32OC(=O)CCC(=O)O2)cc1)C1CCCCC1. The maximum atomic E-state index is 12.8. The average Bonchev–Trinajstić information content (AvgIpc) is 3.20. The monoisotopic (exact) mass is 570 g/mol. The molecular formula is C30H35ClN2O5S. The molecule has 2 fully saturated rings. The number of benzene rings is 2. The van der Waals surface area contributed by atoms with Gasteiger partial charge in [-0.1, -0.05) is 43.0 Å². The van der Waals surface area contributed by atoms with Gasteiger partial charge in [0.2, 0.25) is 0 Å². The maximum absolute atomic E-state index is 12.8. The van der Waals surface area contributed by atoms with Crippen LogP contribution in [0.3, 0.4) is 0 Å². The first kappa shape index (κ1) is 28.0. The van der Waals surface area contributed by atoms with Crippen LogP contribution in [-0.4, -0.2) is 37.0 Å². The van der Waals surface area contributed by atoms with Gasteiger partial charge in [0.1, 0.15) is 0 Å². The molecule has 9 heteroatoms. The summed E-state index contributed by atoms with van der Waals surface area (Å²) in [6.45, 7) is 2.93. The van der Waals surface area contributed by atoms with Crippen molar-refractivity contribution in [1.29, 1.82) is 0 Å². The topological polar surface area (TPSA) is 93.7 Å². The molecule has 2 aromatic carbocycles. The highest BCUT2D eigenvalue weighted by Crippen LogP contribution is 2.42. The molecule has 1 saturated carbocycles. The fourth-order valence-electron chi connectivity index (χ4n) is 5.75. The summed E-state index contributed by atoms with van der Waals surface area (Å²) in [6, 6.07) is 11.4. The number of hydrogen-bond acceptors (Lipinski definition) is 7. The van der Waals surface area contributed by atoms with Gasteiger partial charge in [0.05, 0.1) is 24.4 Å². The van der Waals surface area contributed by atoms with Crippen LogP contribution in [-0.2, 0) is 37.0 Å². The van der Waals surface area contributed by atoms with E-state index in [9.17, 15) is 14.4 Å². The molecule has 2 heterocycles. The predicted octanol–water partition coefficient (Wildman–Crippen LogP) is 5.51. The summed E-state index contributed by atoms with van der Waals surface area (Å²) in [5.41, 5.74) is 3.28. The molecule has 5 rings (SSSR count). The van der Waals surface area contributed by atoms with Gasteiger partial charge in [-0.25, -0.2) is 0 Å². The minimum Gasteiger partial charge on any atom is -0.416 e. The Kier molecular flexibility index (Phi) is 8.84. The Morgan fingerprint density at radius 2 is 1.74 bits per heavy atom. The summed E-state index contributed by atoms with van der Waals surface area (Å²) in [5.74, 6) is -1.26. The van der Waals surface area contributed by atoms with E-state index >= 15 is 0 Å². The van der Waals surface area contributed by atoms with Crippen LogP contribution >= 0.6 is 23.4 Å². The third-order valence-electron chi connectivity index (χ3n) is 7.94. The number of ether oxygens (including phenoxy) is 2. The first-order valence-corrected chi connectivity index (χ1v) is 15.2. The molecule has 0 unspecified atom stereocenters. The molecule has 2 aliphatic heterocycles. The molecule has 1 spiro atoms. The molecule has 1 amide bonds. The van der Waals surface area contributed by atoms with Gasteiger partial charge in [-0.15, -0.1) is 11.8 Å². The molecule has 7 nitrogen and oxygen atoms in total. The van der Waals surface area contributed by atoms with Crippen molar-refractivity contribution in [2.45, 2.75) is 80.8 Å². The van der Waals surface area contributed by atoms with Crippen molar-refractivity contribution in [2.75, 3.05) is 13.1 Å². The Balaban J connectivity index is 1.30. The van der Waals surface area contributed by atoms with Gasteiger partial charge < -0.3 is 20.1 Å². The van der Waals surface area contributed by atoms with Gasteiger partial charge in [-0.2, -0.15) is 0 Å². The lowest BCUT2D eigenvalue weighted by atomic mass is 9.84. The first-order valence-electron chi connectivity index (χ1n) is 13.8. The largest absolute Gasteiger partial charge is 0.416 e. The van der Waals surface area contributed by atoms with E-state index in [2.05, 4.69) is 17.6 Å². The minimum atomic E-state index is -1.50. The van der Waals surface area contributed by atoms with Crippen LogP contribution in [0.4, 0.5) is 0 Å². The van der Waals surface area contributed by atoms with Crippen LogP contribution in [0.5, 0.6) is 0 Å². The van der Waals surface area contributed by atoms with E-state index < -0.39 is 17.7 Å². The van der Waals surface area contributed by atoms with Crippen molar-refractivity contribution >= 4 is 41.2 Å². The second-order valence-electron chi connectivity index (χ2n) is 10.7. The van der Waals surface area contributed by atoms with Crippen molar-refractivity contribution < 1.29 is 23.9 Å². The summed E-state index contributed by atoms with van der Waals surface area (Å²) in [5, 5.41) is 7.03. The molecule has 3 aliphatic rings. The Morgan fingerprint density at radius 1 is 1.05 bits per heavy atom. The van der Waals surface area contributed by atoms with E-state index in [0.29, 0.717) is 40.8 Å². The number of fused-ring (bicyclic) bond motifs is 2. The summed E-state index contributed by atoms with van der Waals surface area (Å²) in [6.07, 6.45) is 6.81. The smallest absolute Gasteiger partial charge is 0.309 e. The molecule has 1 aliphatic carbocycles. The second kappa shape index (κ2) is 12.3. The summed E-state index contributed by atoms with van der Waals surface area (Å²) < 4.78 is 11.5. The lowest BCUT2D eigenvalue weighted by molar-refractivity contribution is -0.225. The highest BCUT2D eigenvalue weighted by atomic mass is 35.5. The molecule has 0 bridgehead atoms. The third-order valence-corrected chi connectivity index (χ3v) is 9.60. The van der Waals surface area contributed by atoms with Crippen molar-refractivity contribution in [3.8, 4) is 0 Å². The Bertz CT molecular complexity index is 1210. The number of esters is 2. The maximum Gasteiger partial charge on any atom is 0.309 e. The lowest BCUT2D eigenvalue weighted by Gasteiger charge is -2.32. The quantitative estimate of drug-likeness (QED) is 0.349. The van der Waals surface area contributed by atoms with Crippen LogP contribution in [0, 0.1) is 5.92 Å². The second-order valence-corrected chi connectivity index (χ2v) is 12.1. The van der Waals surface area contributed by atoms with Crippen molar-refractivity contribution in [3.63, 3.8) is 0 Å². The molecule has 2 aromatic rings. The van der Waals surface area contributed by atoms with Crippen LogP contribution in [0.15, 0.2) is 41.3 Å². The van der Waals surface area contributed by atoms with Crippen LogP contribution < -0.4 is 10.6 Å². The summed E-state index contributed by atoms with van der Waals surface area (Å²) in [7, 11) is 0. The Labute approximate surface area is 238 Å². The van der Waals surface area contributed by atoms with E-state index in [-0.39, 0.29) is 31.3 Å². The van der Waals surface area contributed by atoms with Crippen LogP contribution in [0.25, 0.3) is 0 Å². The zero-order chi connectivity index (χ0) is 27.4. The zero-order valence-electron chi connectivity index (χ0n) is 22.2. The van der Waals surface area contributed by atoms with Crippen molar-refractivity contribution in [3.05, 3.63) is 63.7 Å². The zero-order valence-corrected chi connectivity index (χ0v) is 23.8. The van der Waals surface area contributed by atoms with Gasteiger partial charge in [0.25, 0.3) is 11.7 Å². The summed E-state index contributed by atoms with van der Waals surface area (Å²) in [4.78, 5) is 38.4. The number of carbonyl (C=O) groups is 3. The Morgan fingerprint density at radius 3 is 2.44 bits per heavy atom. The molecule has 1 saturated heterocycles. The molecule has 39 heavy (non-hydrogen) atoms. The van der Waals surface area contributed by atoms with E-state index in [1.807, 2.05) is 24.3 Å². The fourth-order valence-corrected chi connectivity index (χ4v) is 7.19. The van der Waals surface area contributed by atoms with Gasteiger partial charge in [-0.05, 0) is 74.0 Å². The molecule has 0 radical (unpaired) electrons. The van der Waals surface area contributed by atoms with E-state index in [0.717, 1.165) is 16.0 Å². The Hall–Kier alpha value is -2.55. The highest BCUT2D eigenvalue weighted by Gasteiger charge is 2.46. The average molecular weight is 571 g/mol. The normalized spacial score (nSPS) is 20.3. The lowest BCUT2D eigenvalue weighted by Crippen LogP contribution is -2.43. The van der Waals surface area contributed by atoms with Crippen molar-refractivity contribution in [2.24, 2.45) is 5.92 Å². The number of amides is 1. The number of nitrogens with one attached hydrogen (secondary N) is 2. The number of hydrogen-bond donors (Lipinski definition) is 2. The van der Waals surface area contributed by atoms with Crippen LogP contribution in [0.1, 0.15) is 78.9 Å². The third kappa shape index (κ3) is 6.44. The molecule has 1 atom stereocenters. The molecular weight excluding hydrogens is 536 g/mol. The van der Waals surface area contributed by atoms with Gasteiger partial charge in [0.15, 0.2) is 0 Å². The van der Waals surface area contributed by atoms with E-state index in [4.69, 9.17) is 21.1 Å².